The number of fused-ring (bicyclic) bond motifs is 2. The van der Waals surface area contributed by atoms with E-state index in [9.17, 15) is 4.79 Å². The molecule has 5 rings (SSSR count). The number of hydrogen-bond acceptors (Lipinski definition) is 4. The highest BCUT2D eigenvalue weighted by Gasteiger charge is 2.30. The Morgan fingerprint density at radius 2 is 1.71 bits per heavy atom. The number of hydrogen-bond donors (Lipinski definition) is 0. The van der Waals surface area contributed by atoms with Gasteiger partial charge in [-0.3, -0.25) is 4.79 Å². The number of halogens is 1. The van der Waals surface area contributed by atoms with E-state index < -0.39 is 0 Å². The van der Waals surface area contributed by atoms with Gasteiger partial charge in [0, 0.05) is 25.2 Å². The molecule has 0 spiro atoms. The van der Waals surface area contributed by atoms with Gasteiger partial charge in [-0.15, -0.1) is 12.4 Å². The predicted octanol–water partition coefficient (Wildman–Crippen LogP) is 5.23. The molecule has 2 aliphatic rings. The molecule has 1 amide bonds. The highest BCUT2D eigenvalue weighted by Crippen LogP contribution is 2.33. The predicted molar refractivity (Wildman–Crippen MR) is 143 cm³/mol. The lowest BCUT2D eigenvalue weighted by Gasteiger charge is -2.31. The van der Waals surface area contributed by atoms with E-state index in [1.165, 1.54) is 29.2 Å². The third-order valence-electron chi connectivity index (χ3n) is 7.38. The van der Waals surface area contributed by atoms with Crippen molar-refractivity contribution in [3.8, 4) is 11.5 Å². The molecule has 2 aliphatic heterocycles. The van der Waals surface area contributed by atoms with Crippen LogP contribution < -0.4 is 9.47 Å². The van der Waals surface area contributed by atoms with Crippen molar-refractivity contribution in [2.75, 3.05) is 46.9 Å². The number of nitrogens with zero attached hydrogens (tertiary/aromatic N) is 2. The van der Waals surface area contributed by atoms with Crippen LogP contribution in [0.15, 0.2) is 54.6 Å². The molecule has 1 atom stereocenters. The van der Waals surface area contributed by atoms with Gasteiger partial charge in [-0.25, -0.2) is 0 Å². The molecule has 6 heteroatoms. The lowest BCUT2D eigenvalue weighted by atomic mass is 9.96. The highest BCUT2D eigenvalue weighted by molar-refractivity contribution is 5.97. The summed E-state index contributed by atoms with van der Waals surface area (Å²) in [7, 11) is 3.25. The SMILES string of the molecule is COc1cc2c(cc1OC)C(=O)N(CC1CCN(CCCc3ccc4ccccc4c3)C1)CC2.Cl. The van der Waals surface area contributed by atoms with Gasteiger partial charge in [0.25, 0.3) is 5.91 Å². The zero-order valence-corrected chi connectivity index (χ0v) is 21.5. The van der Waals surface area contributed by atoms with Crippen molar-refractivity contribution >= 4 is 29.1 Å². The number of ether oxygens (including phenoxy) is 2. The van der Waals surface area contributed by atoms with E-state index in [1.54, 1.807) is 14.2 Å². The minimum absolute atomic E-state index is 0. The molecule has 2 heterocycles. The second-order valence-electron chi connectivity index (χ2n) is 9.61. The summed E-state index contributed by atoms with van der Waals surface area (Å²) in [5.74, 6) is 1.98. The van der Waals surface area contributed by atoms with Crippen molar-refractivity contribution in [3.05, 3.63) is 71.3 Å². The van der Waals surface area contributed by atoms with Gasteiger partial charge >= 0.3 is 0 Å². The summed E-state index contributed by atoms with van der Waals surface area (Å²) in [5, 5.41) is 2.63. The molecular formula is C29H35ClN2O3. The van der Waals surface area contributed by atoms with Gasteiger partial charge in [-0.05, 0) is 78.7 Å². The molecule has 35 heavy (non-hydrogen) atoms. The normalized spacial score (nSPS) is 17.8. The fourth-order valence-corrected chi connectivity index (χ4v) is 5.51. The number of carbonyl (C=O) groups is 1. The highest BCUT2D eigenvalue weighted by atomic mass is 35.5. The largest absolute Gasteiger partial charge is 0.493 e. The molecule has 0 aliphatic carbocycles. The average Bonchev–Trinajstić information content (AvgIpc) is 3.32. The maximum absolute atomic E-state index is 13.2. The molecule has 0 bridgehead atoms. The summed E-state index contributed by atoms with van der Waals surface area (Å²) in [6, 6.07) is 19.2. The first-order valence-electron chi connectivity index (χ1n) is 12.4. The van der Waals surface area contributed by atoms with E-state index in [-0.39, 0.29) is 18.3 Å². The minimum atomic E-state index is 0. The third-order valence-corrected chi connectivity index (χ3v) is 7.38. The van der Waals surface area contributed by atoms with E-state index in [0.29, 0.717) is 17.4 Å². The number of carbonyl (C=O) groups excluding carboxylic acids is 1. The summed E-state index contributed by atoms with van der Waals surface area (Å²) >= 11 is 0. The van der Waals surface area contributed by atoms with Crippen molar-refractivity contribution in [1.29, 1.82) is 0 Å². The lowest BCUT2D eigenvalue weighted by molar-refractivity contribution is 0.0712. The van der Waals surface area contributed by atoms with Crippen molar-refractivity contribution in [2.24, 2.45) is 5.92 Å². The van der Waals surface area contributed by atoms with E-state index in [2.05, 4.69) is 47.4 Å². The summed E-state index contributed by atoms with van der Waals surface area (Å²) in [4.78, 5) is 17.8. The molecular weight excluding hydrogens is 460 g/mol. The zero-order chi connectivity index (χ0) is 23.5. The van der Waals surface area contributed by atoms with Gasteiger partial charge in [-0.2, -0.15) is 0 Å². The van der Waals surface area contributed by atoms with Gasteiger partial charge in [0.2, 0.25) is 0 Å². The summed E-state index contributed by atoms with van der Waals surface area (Å²) in [6.07, 6.45) is 4.31. The monoisotopic (exact) mass is 494 g/mol. The number of amides is 1. The molecule has 186 valence electrons. The summed E-state index contributed by atoms with van der Waals surface area (Å²) in [5.41, 5.74) is 3.23. The van der Waals surface area contributed by atoms with Gasteiger partial charge in [0.15, 0.2) is 11.5 Å². The Hall–Kier alpha value is -2.76. The van der Waals surface area contributed by atoms with Crippen LogP contribution >= 0.6 is 12.4 Å². The van der Waals surface area contributed by atoms with Crippen LogP contribution in [0.4, 0.5) is 0 Å². The topological polar surface area (TPSA) is 42.0 Å². The maximum Gasteiger partial charge on any atom is 0.254 e. The molecule has 3 aromatic carbocycles. The van der Waals surface area contributed by atoms with E-state index in [1.807, 2.05) is 17.0 Å². The van der Waals surface area contributed by atoms with Crippen LogP contribution in [-0.4, -0.2) is 62.7 Å². The van der Waals surface area contributed by atoms with Gasteiger partial charge < -0.3 is 19.3 Å². The number of rotatable bonds is 8. The van der Waals surface area contributed by atoms with Crippen LogP contribution in [0.1, 0.15) is 34.3 Å². The van der Waals surface area contributed by atoms with E-state index in [4.69, 9.17) is 9.47 Å². The Balaban J connectivity index is 0.00000289. The Labute approximate surface area is 214 Å². The smallest absolute Gasteiger partial charge is 0.254 e. The Bertz CT molecular complexity index is 1180. The first-order valence-corrected chi connectivity index (χ1v) is 12.4. The number of likely N-dealkylation sites (tertiary alicyclic amines) is 1. The van der Waals surface area contributed by atoms with Crippen molar-refractivity contribution in [3.63, 3.8) is 0 Å². The average molecular weight is 495 g/mol. The summed E-state index contributed by atoms with van der Waals surface area (Å²) in [6.45, 7) is 4.96. The second-order valence-corrected chi connectivity index (χ2v) is 9.61. The van der Waals surface area contributed by atoms with E-state index in [0.717, 1.165) is 56.7 Å². The number of benzene rings is 3. The molecule has 0 radical (unpaired) electrons. The summed E-state index contributed by atoms with van der Waals surface area (Å²) < 4.78 is 10.8. The molecule has 1 unspecified atom stereocenters. The van der Waals surface area contributed by atoms with Gasteiger partial charge in [0.05, 0.1) is 14.2 Å². The quantitative estimate of drug-likeness (QED) is 0.430. The Morgan fingerprint density at radius 3 is 2.51 bits per heavy atom. The van der Waals surface area contributed by atoms with Crippen LogP contribution in [0, 0.1) is 5.92 Å². The molecule has 1 saturated heterocycles. The second kappa shape index (κ2) is 11.3. The van der Waals surface area contributed by atoms with Crippen molar-refractivity contribution in [2.45, 2.75) is 25.7 Å². The fourth-order valence-electron chi connectivity index (χ4n) is 5.51. The number of methoxy groups -OCH3 is 2. The molecule has 5 nitrogen and oxygen atoms in total. The molecule has 0 N–H and O–H groups in total. The van der Waals surface area contributed by atoms with Gasteiger partial charge in [0.1, 0.15) is 0 Å². The van der Waals surface area contributed by atoms with Crippen LogP contribution in [0.3, 0.4) is 0 Å². The van der Waals surface area contributed by atoms with E-state index >= 15 is 0 Å². The fraction of sp³-hybridized carbons (Fsp3) is 0.414. The molecule has 0 saturated carbocycles. The first-order chi connectivity index (χ1) is 16.6. The molecule has 0 aromatic heterocycles. The van der Waals surface area contributed by atoms with Crippen LogP contribution in [-0.2, 0) is 12.8 Å². The zero-order valence-electron chi connectivity index (χ0n) is 20.7. The third kappa shape index (κ3) is 5.57. The van der Waals surface area contributed by atoms with Crippen LogP contribution in [0.5, 0.6) is 11.5 Å². The van der Waals surface area contributed by atoms with Gasteiger partial charge in [-0.1, -0.05) is 42.5 Å². The maximum atomic E-state index is 13.2. The number of aryl methyl sites for hydroxylation is 1. The molecule has 1 fully saturated rings. The minimum Gasteiger partial charge on any atom is -0.493 e. The first kappa shape index (κ1) is 25.3. The van der Waals surface area contributed by atoms with Crippen molar-refractivity contribution < 1.29 is 14.3 Å². The molecule has 3 aromatic rings. The van der Waals surface area contributed by atoms with Crippen LogP contribution in [0.25, 0.3) is 10.8 Å². The Morgan fingerprint density at radius 1 is 0.943 bits per heavy atom. The Kier molecular flexibility index (Phi) is 8.19. The standard InChI is InChI=1S/C29H34N2O3.ClH/c1-33-27-17-25-12-15-31(29(32)26(25)18-28(27)34-2)20-22-11-14-30(19-22)13-5-6-21-9-10-23-7-3-4-8-24(23)16-21;/h3-4,7-10,16-18,22H,5-6,11-15,19-20H2,1-2H3;1H. The lowest BCUT2D eigenvalue weighted by Crippen LogP contribution is -2.41. The van der Waals surface area contributed by atoms with Crippen LogP contribution in [0.2, 0.25) is 0 Å². The van der Waals surface area contributed by atoms with Crippen molar-refractivity contribution in [1.82, 2.24) is 9.80 Å².